The van der Waals surface area contributed by atoms with Crippen LogP contribution in [0.1, 0.15) is 58.8 Å². The molecule has 2 aliphatic rings. The number of nitrogens with one attached hydrogen (secondary N) is 2. The zero-order valence-electron chi connectivity index (χ0n) is 20.4. The fourth-order valence-corrected chi connectivity index (χ4v) is 5.47. The van der Waals surface area contributed by atoms with Crippen LogP contribution in [0.25, 0.3) is 16.9 Å². The number of hydrogen-bond donors (Lipinski definition) is 2. The molecule has 0 bridgehead atoms. The van der Waals surface area contributed by atoms with Gasteiger partial charge >= 0.3 is 0 Å². The van der Waals surface area contributed by atoms with E-state index in [0.717, 1.165) is 29.1 Å². The summed E-state index contributed by atoms with van der Waals surface area (Å²) in [6.07, 6.45) is 11.8. The second-order valence-electron chi connectivity index (χ2n) is 9.89. The van der Waals surface area contributed by atoms with Crippen LogP contribution < -0.4 is 10.6 Å². The van der Waals surface area contributed by atoms with Crippen LogP contribution in [-0.2, 0) is 13.1 Å². The smallest absolute Gasteiger partial charge is 0.255 e. The monoisotopic (exact) mass is 485 g/mol. The number of amides is 1. The number of nitrogens with zero attached hydrogens (tertiary/aromatic N) is 5. The number of aromatic nitrogens is 4. The van der Waals surface area contributed by atoms with Gasteiger partial charge < -0.3 is 15.5 Å². The molecule has 6 rings (SSSR count). The summed E-state index contributed by atoms with van der Waals surface area (Å²) < 4.78 is 15.5. The summed E-state index contributed by atoms with van der Waals surface area (Å²) in [5.74, 6) is 0.488. The van der Waals surface area contributed by atoms with E-state index in [4.69, 9.17) is 4.98 Å². The lowest BCUT2D eigenvalue weighted by molar-refractivity contribution is 0.0966. The Bertz CT molecular complexity index is 1470. The number of rotatable bonds is 6. The van der Waals surface area contributed by atoms with Crippen molar-refractivity contribution in [3.05, 3.63) is 71.2 Å². The SMILES string of the molecule is CN(C)Cc1cc(Nc2ncc(-c3cnc4cc(F)ccn34)c3c2C(=O)NC3)cnc1C1CCCC1. The molecule has 4 aromatic rings. The molecule has 1 saturated carbocycles. The Kier molecular flexibility index (Phi) is 5.64. The number of fused-ring (bicyclic) bond motifs is 2. The number of carbonyl (C=O) groups is 1. The molecule has 1 aliphatic carbocycles. The highest BCUT2D eigenvalue weighted by Crippen LogP contribution is 2.37. The van der Waals surface area contributed by atoms with Crippen LogP contribution in [0.5, 0.6) is 0 Å². The van der Waals surface area contributed by atoms with E-state index < -0.39 is 0 Å². The number of halogens is 1. The van der Waals surface area contributed by atoms with E-state index >= 15 is 0 Å². The third-order valence-corrected chi connectivity index (χ3v) is 7.08. The van der Waals surface area contributed by atoms with Gasteiger partial charge in [0.25, 0.3) is 5.91 Å². The molecule has 0 atom stereocenters. The van der Waals surface area contributed by atoms with Gasteiger partial charge in [0.2, 0.25) is 0 Å². The van der Waals surface area contributed by atoms with Gasteiger partial charge in [-0.25, -0.2) is 14.4 Å². The molecule has 1 fully saturated rings. The molecule has 1 aliphatic heterocycles. The number of anilines is 2. The molecule has 4 aromatic heterocycles. The second kappa shape index (κ2) is 8.98. The van der Waals surface area contributed by atoms with Crippen LogP contribution >= 0.6 is 0 Å². The predicted octanol–water partition coefficient (Wildman–Crippen LogP) is 4.64. The van der Waals surface area contributed by atoms with Gasteiger partial charge in [0, 0.05) is 48.7 Å². The number of hydrogen-bond acceptors (Lipinski definition) is 6. The summed E-state index contributed by atoms with van der Waals surface area (Å²) in [6, 6.07) is 4.90. The molecule has 0 aromatic carbocycles. The molecule has 0 radical (unpaired) electrons. The normalized spacial score (nSPS) is 15.6. The molecule has 8 nitrogen and oxygen atoms in total. The lowest BCUT2D eigenvalue weighted by atomic mass is 9.98. The van der Waals surface area contributed by atoms with E-state index in [1.807, 2.05) is 6.20 Å². The quantitative estimate of drug-likeness (QED) is 0.414. The Balaban J connectivity index is 1.38. The highest BCUT2D eigenvalue weighted by molar-refractivity contribution is 6.05. The number of pyridine rings is 3. The maximum absolute atomic E-state index is 13.7. The van der Waals surface area contributed by atoms with Crippen molar-refractivity contribution < 1.29 is 9.18 Å². The highest BCUT2D eigenvalue weighted by atomic mass is 19.1. The van der Waals surface area contributed by atoms with Crippen molar-refractivity contribution in [2.24, 2.45) is 0 Å². The van der Waals surface area contributed by atoms with Gasteiger partial charge in [0.1, 0.15) is 17.3 Å². The molecule has 0 unspecified atom stereocenters. The average molecular weight is 486 g/mol. The summed E-state index contributed by atoms with van der Waals surface area (Å²) in [4.78, 5) is 28.8. The summed E-state index contributed by atoms with van der Waals surface area (Å²) in [5.41, 5.74) is 6.59. The highest BCUT2D eigenvalue weighted by Gasteiger charge is 2.29. The minimum absolute atomic E-state index is 0.175. The maximum Gasteiger partial charge on any atom is 0.255 e. The fourth-order valence-electron chi connectivity index (χ4n) is 5.47. The van der Waals surface area contributed by atoms with Crippen molar-refractivity contribution in [1.29, 1.82) is 0 Å². The van der Waals surface area contributed by atoms with Crippen LogP contribution in [0.15, 0.2) is 43.0 Å². The van der Waals surface area contributed by atoms with E-state index in [0.29, 0.717) is 29.5 Å². The first-order valence-electron chi connectivity index (χ1n) is 12.3. The number of imidazole rings is 1. The molecule has 0 saturated heterocycles. The molecular formula is C27H28FN7O. The summed E-state index contributed by atoms with van der Waals surface area (Å²) in [7, 11) is 4.12. The summed E-state index contributed by atoms with van der Waals surface area (Å²) in [5, 5.41) is 6.28. The largest absolute Gasteiger partial charge is 0.348 e. The molecule has 184 valence electrons. The van der Waals surface area contributed by atoms with Crippen molar-refractivity contribution in [3.8, 4) is 11.3 Å². The Hall–Kier alpha value is -3.85. The molecule has 9 heteroatoms. The molecule has 1 amide bonds. The molecule has 2 N–H and O–H groups in total. The van der Waals surface area contributed by atoms with Crippen LogP contribution in [0.3, 0.4) is 0 Å². The van der Waals surface area contributed by atoms with E-state index in [-0.39, 0.29) is 11.7 Å². The van der Waals surface area contributed by atoms with Gasteiger partial charge in [0.05, 0.1) is 29.3 Å². The van der Waals surface area contributed by atoms with Gasteiger partial charge in [-0.05, 0) is 50.2 Å². The Morgan fingerprint density at radius 3 is 2.78 bits per heavy atom. The average Bonchev–Trinajstić information content (AvgIpc) is 3.60. The van der Waals surface area contributed by atoms with Crippen molar-refractivity contribution in [2.75, 3.05) is 19.4 Å². The first-order chi connectivity index (χ1) is 17.5. The molecular weight excluding hydrogens is 457 g/mol. The first kappa shape index (κ1) is 22.6. The lowest BCUT2D eigenvalue weighted by Gasteiger charge is -2.19. The zero-order valence-corrected chi connectivity index (χ0v) is 20.4. The van der Waals surface area contributed by atoms with E-state index in [1.165, 1.54) is 49.1 Å². The maximum atomic E-state index is 13.7. The third-order valence-electron chi connectivity index (χ3n) is 7.08. The van der Waals surface area contributed by atoms with Gasteiger partial charge in [-0.3, -0.25) is 14.2 Å². The zero-order chi connectivity index (χ0) is 24.8. The topological polar surface area (TPSA) is 87.4 Å². The Morgan fingerprint density at radius 2 is 1.97 bits per heavy atom. The Labute approximate surface area is 208 Å². The summed E-state index contributed by atoms with van der Waals surface area (Å²) >= 11 is 0. The van der Waals surface area contributed by atoms with Crippen molar-refractivity contribution in [1.82, 2.24) is 29.6 Å². The van der Waals surface area contributed by atoms with E-state index in [9.17, 15) is 9.18 Å². The van der Waals surface area contributed by atoms with Crippen LogP contribution in [0.4, 0.5) is 15.9 Å². The molecule has 0 spiro atoms. The van der Waals surface area contributed by atoms with Crippen molar-refractivity contribution in [2.45, 2.75) is 44.7 Å². The lowest BCUT2D eigenvalue weighted by Crippen LogP contribution is -2.15. The van der Waals surface area contributed by atoms with Gasteiger partial charge in [-0.1, -0.05) is 12.8 Å². The first-order valence-corrected chi connectivity index (χ1v) is 12.3. The molecule has 36 heavy (non-hydrogen) atoms. The molecule has 5 heterocycles. The van der Waals surface area contributed by atoms with Gasteiger partial charge in [0.15, 0.2) is 0 Å². The van der Waals surface area contributed by atoms with Crippen molar-refractivity contribution >= 4 is 23.1 Å². The van der Waals surface area contributed by atoms with Crippen LogP contribution in [-0.4, -0.2) is 44.3 Å². The van der Waals surface area contributed by atoms with Gasteiger partial charge in [-0.2, -0.15) is 0 Å². The minimum Gasteiger partial charge on any atom is -0.348 e. The Morgan fingerprint density at radius 1 is 1.14 bits per heavy atom. The van der Waals surface area contributed by atoms with Crippen molar-refractivity contribution in [3.63, 3.8) is 0 Å². The van der Waals surface area contributed by atoms with Gasteiger partial charge in [-0.15, -0.1) is 0 Å². The second-order valence-corrected chi connectivity index (χ2v) is 9.89. The predicted molar refractivity (Wildman–Crippen MR) is 136 cm³/mol. The van der Waals surface area contributed by atoms with E-state index in [1.54, 1.807) is 23.0 Å². The van der Waals surface area contributed by atoms with Crippen LogP contribution in [0.2, 0.25) is 0 Å². The van der Waals surface area contributed by atoms with Crippen LogP contribution in [0, 0.1) is 5.82 Å². The summed E-state index contributed by atoms with van der Waals surface area (Å²) in [6.45, 7) is 1.19. The minimum atomic E-state index is -0.347. The standard InChI is InChI=1S/C27H28FN7O/c1-34(2)15-17-9-19(11-30-25(17)16-5-3-4-6-16)33-26-24-21(13-32-27(24)36)20(12-31-26)22-14-29-23-10-18(28)7-8-35(22)23/h7-12,14,16H,3-6,13,15H2,1-2H3,(H,31,33)(H,32,36). The van der Waals surface area contributed by atoms with E-state index in [2.05, 4.69) is 45.7 Å². The third kappa shape index (κ3) is 3.99. The number of carbonyl (C=O) groups excluding carboxylic acids is 1. The fraction of sp³-hybridized carbons (Fsp3) is 0.333.